The number of rotatable bonds is 7. The first-order valence-corrected chi connectivity index (χ1v) is 12.1. The van der Waals surface area contributed by atoms with Gasteiger partial charge in [-0.3, -0.25) is 19.4 Å². The van der Waals surface area contributed by atoms with Crippen molar-refractivity contribution in [3.8, 4) is 5.75 Å². The van der Waals surface area contributed by atoms with Crippen LogP contribution in [0.2, 0.25) is 0 Å². The van der Waals surface area contributed by atoms with Gasteiger partial charge in [0.15, 0.2) is 0 Å². The number of amides is 3. The SMILES string of the molecule is COc1ccc([C@H](C(=O)NC(C)(C)C)N(Cc2cccnc2)C(=O)C(=O)NC2CCCCC2)cc1. The van der Waals surface area contributed by atoms with Crippen LogP contribution in [0.1, 0.15) is 70.0 Å². The van der Waals surface area contributed by atoms with Crippen LogP contribution in [0.4, 0.5) is 0 Å². The predicted octanol–water partition coefficient (Wildman–Crippen LogP) is 3.52. The Kier molecular flexibility index (Phi) is 8.84. The average molecular weight is 481 g/mol. The third kappa shape index (κ3) is 7.53. The minimum atomic E-state index is -1.02. The summed E-state index contributed by atoms with van der Waals surface area (Å²) in [7, 11) is 1.56. The maximum Gasteiger partial charge on any atom is 0.313 e. The molecule has 0 saturated heterocycles. The number of methoxy groups -OCH3 is 1. The zero-order valence-corrected chi connectivity index (χ0v) is 21.0. The van der Waals surface area contributed by atoms with Crippen molar-refractivity contribution in [1.29, 1.82) is 0 Å². The Morgan fingerprint density at radius 1 is 1.09 bits per heavy atom. The van der Waals surface area contributed by atoms with Crippen molar-refractivity contribution < 1.29 is 19.1 Å². The molecule has 1 aliphatic carbocycles. The van der Waals surface area contributed by atoms with Gasteiger partial charge in [-0.1, -0.05) is 37.5 Å². The molecule has 1 heterocycles. The Morgan fingerprint density at radius 3 is 2.34 bits per heavy atom. The second kappa shape index (κ2) is 11.8. The highest BCUT2D eigenvalue weighted by Gasteiger charge is 2.36. The summed E-state index contributed by atoms with van der Waals surface area (Å²) in [6.07, 6.45) is 8.18. The third-order valence-electron chi connectivity index (χ3n) is 5.96. The van der Waals surface area contributed by atoms with Gasteiger partial charge in [0, 0.05) is 30.5 Å². The molecule has 188 valence electrons. The zero-order chi connectivity index (χ0) is 25.4. The number of carbonyl (C=O) groups excluding carboxylic acids is 3. The van der Waals surface area contributed by atoms with Crippen LogP contribution in [0, 0.1) is 0 Å². The van der Waals surface area contributed by atoms with Gasteiger partial charge < -0.3 is 20.3 Å². The number of nitrogens with one attached hydrogen (secondary N) is 2. The highest BCUT2D eigenvalue weighted by atomic mass is 16.5. The maximum atomic E-state index is 13.6. The van der Waals surface area contributed by atoms with E-state index in [9.17, 15) is 14.4 Å². The van der Waals surface area contributed by atoms with Crippen LogP contribution in [0.3, 0.4) is 0 Å². The summed E-state index contributed by atoms with van der Waals surface area (Å²) in [6.45, 7) is 5.68. The van der Waals surface area contributed by atoms with Crippen LogP contribution in [0.25, 0.3) is 0 Å². The van der Waals surface area contributed by atoms with Gasteiger partial charge in [0.1, 0.15) is 11.8 Å². The van der Waals surface area contributed by atoms with Crippen molar-refractivity contribution in [3.05, 3.63) is 59.9 Å². The molecule has 2 N–H and O–H groups in total. The monoisotopic (exact) mass is 480 g/mol. The number of hydrogen-bond acceptors (Lipinski definition) is 5. The van der Waals surface area contributed by atoms with Crippen LogP contribution in [-0.4, -0.2) is 46.3 Å². The Balaban J connectivity index is 1.98. The number of pyridine rings is 1. The van der Waals surface area contributed by atoms with Crippen molar-refractivity contribution in [3.63, 3.8) is 0 Å². The highest BCUT2D eigenvalue weighted by Crippen LogP contribution is 2.27. The fourth-order valence-corrected chi connectivity index (χ4v) is 4.29. The molecule has 2 aromatic rings. The highest BCUT2D eigenvalue weighted by molar-refractivity contribution is 6.35. The van der Waals surface area contributed by atoms with Gasteiger partial charge in [0.25, 0.3) is 0 Å². The topological polar surface area (TPSA) is 101 Å². The number of aromatic nitrogens is 1. The lowest BCUT2D eigenvalue weighted by Gasteiger charge is -2.34. The van der Waals surface area contributed by atoms with E-state index in [1.807, 2.05) is 26.8 Å². The number of carbonyl (C=O) groups is 3. The maximum absolute atomic E-state index is 13.6. The number of benzene rings is 1. The number of hydrogen-bond donors (Lipinski definition) is 2. The van der Waals surface area contributed by atoms with Crippen molar-refractivity contribution in [1.82, 2.24) is 20.5 Å². The van der Waals surface area contributed by atoms with E-state index in [1.54, 1.807) is 49.8 Å². The van der Waals surface area contributed by atoms with Gasteiger partial charge in [0.05, 0.1) is 7.11 Å². The molecule has 1 saturated carbocycles. The first kappa shape index (κ1) is 26.2. The fourth-order valence-electron chi connectivity index (χ4n) is 4.29. The Hall–Kier alpha value is -3.42. The molecule has 1 aliphatic rings. The van der Waals surface area contributed by atoms with E-state index in [1.165, 1.54) is 4.90 Å². The molecular formula is C27H36N4O4. The quantitative estimate of drug-likeness (QED) is 0.591. The lowest BCUT2D eigenvalue weighted by molar-refractivity contribution is -0.151. The molecule has 0 spiro atoms. The molecule has 1 fully saturated rings. The minimum absolute atomic E-state index is 0.0247. The molecule has 1 aromatic heterocycles. The van der Waals surface area contributed by atoms with E-state index in [2.05, 4.69) is 15.6 Å². The fraction of sp³-hybridized carbons (Fsp3) is 0.481. The molecule has 8 nitrogen and oxygen atoms in total. The van der Waals surface area contributed by atoms with Gasteiger partial charge >= 0.3 is 11.8 Å². The van der Waals surface area contributed by atoms with Crippen LogP contribution in [0.5, 0.6) is 5.75 Å². The second-order valence-electron chi connectivity index (χ2n) is 10.0. The molecule has 3 amide bonds. The summed E-state index contributed by atoms with van der Waals surface area (Å²) in [5.74, 6) is -1.18. The van der Waals surface area contributed by atoms with E-state index in [0.717, 1.165) is 32.1 Å². The van der Waals surface area contributed by atoms with Gasteiger partial charge in [-0.25, -0.2) is 0 Å². The Bertz CT molecular complexity index is 996. The number of nitrogens with zero attached hydrogens (tertiary/aromatic N) is 2. The van der Waals surface area contributed by atoms with Gasteiger partial charge in [-0.15, -0.1) is 0 Å². The molecule has 0 aliphatic heterocycles. The lowest BCUT2D eigenvalue weighted by Crippen LogP contribution is -2.53. The molecule has 1 aromatic carbocycles. The zero-order valence-electron chi connectivity index (χ0n) is 21.0. The lowest BCUT2D eigenvalue weighted by atomic mass is 9.95. The molecule has 0 bridgehead atoms. The normalized spacial score (nSPS) is 15.1. The van der Waals surface area contributed by atoms with E-state index < -0.39 is 23.4 Å². The largest absolute Gasteiger partial charge is 0.497 e. The standard InChI is InChI=1S/C27H36N4O4/c1-27(2,3)30-24(32)23(20-12-14-22(35-4)15-13-20)31(18-19-9-8-16-28-17-19)26(34)25(33)29-21-10-6-5-7-11-21/h8-9,12-17,21,23H,5-7,10-11,18H2,1-4H3,(H,29,33)(H,30,32)/t23-/m1/s1. The summed E-state index contributed by atoms with van der Waals surface area (Å²) >= 11 is 0. The van der Waals surface area contributed by atoms with Crippen molar-refractivity contribution >= 4 is 17.7 Å². The van der Waals surface area contributed by atoms with Crippen LogP contribution >= 0.6 is 0 Å². The summed E-state index contributed by atoms with van der Waals surface area (Å²) in [5.41, 5.74) is 0.762. The van der Waals surface area contributed by atoms with E-state index in [4.69, 9.17) is 4.74 Å². The smallest absolute Gasteiger partial charge is 0.313 e. The van der Waals surface area contributed by atoms with Gasteiger partial charge in [-0.05, 0) is 62.9 Å². The molecule has 3 rings (SSSR count). The average Bonchev–Trinajstić information content (AvgIpc) is 2.83. The molecular weight excluding hydrogens is 444 g/mol. The minimum Gasteiger partial charge on any atom is -0.497 e. The molecule has 0 unspecified atom stereocenters. The first-order chi connectivity index (χ1) is 16.7. The van der Waals surface area contributed by atoms with Crippen molar-refractivity contribution in [2.75, 3.05) is 7.11 Å². The van der Waals surface area contributed by atoms with Gasteiger partial charge in [0.2, 0.25) is 5.91 Å². The third-order valence-corrected chi connectivity index (χ3v) is 5.96. The van der Waals surface area contributed by atoms with Crippen LogP contribution in [0.15, 0.2) is 48.8 Å². The van der Waals surface area contributed by atoms with Crippen LogP contribution < -0.4 is 15.4 Å². The summed E-state index contributed by atoms with van der Waals surface area (Å²) < 4.78 is 5.26. The first-order valence-electron chi connectivity index (χ1n) is 12.1. The summed E-state index contributed by atoms with van der Waals surface area (Å²) in [5, 5.41) is 5.88. The van der Waals surface area contributed by atoms with E-state index >= 15 is 0 Å². The van der Waals surface area contributed by atoms with E-state index in [-0.39, 0.29) is 18.5 Å². The van der Waals surface area contributed by atoms with Crippen LogP contribution in [-0.2, 0) is 20.9 Å². The summed E-state index contributed by atoms with van der Waals surface area (Å²) in [6, 6.07) is 9.50. The second-order valence-corrected chi connectivity index (χ2v) is 10.0. The molecule has 1 atom stereocenters. The molecule has 8 heteroatoms. The van der Waals surface area contributed by atoms with Crippen molar-refractivity contribution in [2.24, 2.45) is 0 Å². The van der Waals surface area contributed by atoms with Gasteiger partial charge in [-0.2, -0.15) is 0 Å². The number of ether oxygens (including phenoxy) is 1. The van der Waals surface area contributed by atoms with Crippen molar-refractivity contribution in [2.45, 2.75) is 77.0 Å². The summed E-state index contributed by atoms with van der Waals surface area (Å²) in [4.78, 5) is 45.8. The Labute approximate surface area is 207 Å². The molecule has 35 heavy (non-hydrogen) atoms. The van der Waals surface area contributed by atoms with E-state index in [0.29, 0.717) is 16.9 Å². The Morgan fingerprint density at radius 2 is 1.77 bits per heavy atom. The predicted molar refractivity (Wildman–Crippen MR) is 133 cm³/mol. The molecule has 0 radical (unpaired) electrons.